The zero-order valence-corrected chi connectivity index (χ0v) is 15.9. The third-order valence-electron chi connectivity index (χ3n) is 4.13. The molecule has 0 saturated heterocycles. The monoisotopic (exact) mass is 348 g/mol. The molecule has 4 N–H and O–H groups in total. The van der Waals surface area contributed by atoms with Crippen LogP contribution >= 0.6 is 0 Å². The van der Waals surface area contributed by atoms with E-state index in [1.807, 2.05) is 0 Å². The predicted octanol–water partition coefficient (Wildman–Crippen LogP) is 4.18. The molecule has 0 aliphatic heterocycles. The normalized spacial score (nSPS) is 10.5. The summed E-state index contributed by atoms with van der Waals surface area (Å²) in [5, 5.41) is 34.0. The minimum atomic E-state index is 0.338. The zero-order chi connectivity index (χ0) is 18.1. The van der Waals surface area contributed by atoms with E-state index in [-0.39, 0.29) is 0 Å². The van der Waals surface area contributed by atoms with Crippen LogP contribution in [0, 0.1) is 0 Å². The number of hydrogen-bond acceptors (Lipinski definition) is 4. The van der Waals surface area contributed by atoms with Crippen molar-refractivity contribution in [1.29, 1.82) is 0 Å². The van der Waals surface area contributed by atoms with Gasteiger partial charge in [-0.3, -0.25) is 0 Å². The maximum absolute atomic E-state index is 8.51. The SMILES string of the molecule is OCCCCCCCCCCO.OCCCCCCCCCCO. The molecule has 4 heteroatoms. The molecule has 0 fully saturated rings. The summed E-state index contributed by atoms with van der Waals surface area (Å²) in [5.41, 5.74) is 0. The first kappa shape index (κ1) is 26.1. The molecule has 0 aromatic rings. The minimum absolute atomic E-state index is 0.338. The van der Waals surface area contributed by atoms with Crippen LogP contribution in [-0.2, 0) is 0 Å². The Balaban J connectivity index is 0. The molecular weight excluding hydrogens is 304 g/mol. The number of rotatable bonds is 18. The highest BCUT2D eigenvalue weighted by Gasteiger charge is 1.91. The van der Waals surface area contributed by atoms with Crippen molar-refractivity contribution in [2.75, 3.05) is 26.4 Å². The minimum Gasteiger partial charge on any atom is -0.396 e. The maximum Gasteiger partial charge on any atom is 0.0431 e. The van der Waals surface area contributed by atoms with E-state index in [0.717, 1.165) is 51.4 Å². The first-order valence-electron chi connectivity index (χ1n) is 10.3. The second kappa shape index (κ2) is 27.7. The van der Waals surface area contributed by atoms with E-state index in [9.17, 15) is 0 Å². The second-order valence-electron chi connectivity index (χ2n) is 6.55. The van der Waals surface area contributed by atoms with Crippen LogP contribution in [0.1, 0.15) is 103 Å². The summed E-state index contributed by atoms with van der Waals surface area (Å²) in [6.45, 7) is 1.35. The Labute approximate surface area is 150 Å². The van der Waals surface area contributed by atoms with Gasteiger partial charge in [0.25, 0.3) is 0 Å². The Bertz CT molecular complexity index is 148. The lowest BCUT2D eigenvalue weighted by Gasteiger charge is -1.99. The molecule has 0 heterocycles. The van der Waals surface area contributed by atoms with E-state index < -0.39 is 0 Å². The van der Waals surface area contributed by atoms with E-state index in [1.54, 1.807) is 0 Å². The summed E-state index contributed by atoms with van der Waals surface area (Å²) in [4.78, 5) is 0. The van der Waals surface area contributed by atoms with Crippen LogP contribution in [0.15, 0.2) is 0 Å². The number of aliphatic hydroxyl groups excluding tert-OH is 4. The topological polar surface area (TPSA) is 80.9 Å². The van der Waals surface area contributed by atoms with Crippen molar-refractivity contribution in [1.82, 2.24) is 0 Å². The quantitative estimate of drug-likeness (QED) is 0.280. The van der Waals surface area contributed by atoms with Gasteiger partial charge in [0.2, 0.25) is 0 Å². The molecule has 148 valence electrons. The molecule has 0 aromatic carbocycles. The van der Waals surface area contributed by atoms with Gasteiger partial charge in [0, 0.05) is 26.4 Å². The Morgan fingerprint density at radius 3 is 0.458 bits per heavy atom. The fraction of sp³-hybridized carbons (Fsp3) is 1.00. The lowest BCUT2D eigenvalue weighted by molar-refractivity contribution is 0.279. The van der Waals surface area contributed by atoms with Crippen LogP contribution in [0.5, 0.6) is 0 Å². The molecule has 0 rings (SSSR count). The molecule has 24 heavy (non-hydrogen) atoms. The van der Waals surface area contributed by atoms with Gasteiger partial charge in [-0.05, 0) is 25.7 Å². The maximum atomic E-state index is 8.51. The van der Waals surface area contributed by atoms with Crippen molar-refractivity contribution in [3.05, 3.63) is 0 Å². The number of unbranched alkanes of at least 4 members (excludes halogenated alkanes) is 14. The molecule has 0 unspecified atom stereocenters. The molecule has 0 aliphatic carbocycles. The highest BCUT2D eigenvalue weighted by Crippen LogP contribution is 2.08. The first-order chi connectivity index (χ1) is 11.8. The number of hydrogen-bond donors (Lipinski definition) is 4. The molecule has 4 nitrogen and oxygen atoms in total. The predicted molar refractivity (Wildman–Crippen MR) is 102 cm³/mol. The molecule has 0 amide bonds. The van der Waals surface area contributed by atoms with Crippen molar-refractivity contribution < 1.29 is 20.4 Å². The van der Waals surface area contributed by atoms with Crippen LogP contribution in [0.3, 0.4) is 0 Å². The van der Waals surface area contributed by atoms with Gasteiger partial charge < -0.3 is 20.4 Å². The first-order valence-corrected chi connectivity index (χ1v) is 10.3. The molecule has 0 spiro atoms. The van der Waals surface area contributed by atoms with Crippen molar-refractivity contribution in [3.63, 3.8) is 0 Å². The van der Waals surface area contributed by atoms with Crippen LogP contribution in [0.2, 0.25) is 0 Å². The lowest BCUT2D eigenvalue weighted by atomic mass is 10.1. The van der Waals surface area contributed by atoms with Gasteiger partial charge in [-0.1, -0.05) is 77.0 Å². The van der Waals surface area contributed by atoms with E-state index in [4.69, 9.17) is 20.4 Å². The summed E-state index contributed by atoms with van der Waals surface area (Å²) in [6.07, 6.45) is 18.6. The van der Waals surface area contributed by atoms with Crippen molar-refractivity contribution in [2.45, 2.75) is 103 Å². The average molecular weight is 349 g/mol. The van der Waals surface area contributed by atoms with E-state index in [1.165, 1.54) is 51.4 Å². The highest BCUT2D eigenvalue weighted by atomic mass is 16.3. The largest absolute Gasteiger partial charge is 0.396 e. The van der Waals surface area contributed by atoms with Crippen LogP contribution < -0.4 is 0 Å². The Morgan fingerprint density at radius 2 is 0.333 bits per heavy atom. The van der Waals surface area contributed by atoms with Crippen LogP contribution in [0.4, 0.5) is 0 Å². The Kier molecular flexibility index (Phi) is 30.1. The van der Waals surface area contributed by atoms with Gasteiger partial charge in [-0.25, -0.2) is 0 Å². The zero-order valence-electron chi connectivity index (χ0n) is 15.9. The average Bonchev–Trinajstić information content (AvgIpc) is 2.60. The van der Waals surface area contributed by atoms with E-state index in [0.29, 0.717) is 26.4 Å². The molecule has 0 radical (unpaired) electrons. The van der Waals surface area contributed by atoms with Gasteiger partial charge >= 0.3 is 0 Å². The highest BCUT2D eigenvalue weighted by molar-refractivity contribution is 4.46. The van der Waals surface area contributed by atoms with Gasteiger partial charge in [0.05, 0.1) is 0 Å². The second-order valence-corrected chi connectivity index (χ2v) is 6.55. The number of aliphatic hydroxyl groups is 4. The molecule has 0 bridgehead atoms. The van der Waals surface area contributed by atoms with Gasteiger partial charge in [0.15, 0.2) is 0 Å². The smallest absolute Gasteiger partial charge is 0.0431 e. The van der Waals surface area contributed by atoms with Gasteiger partial charge in [0.1, 0.15) is 0 Å². The summed E-state index contributed by atoms with van der Waals surface area (Å²) < 4.78 is 0. The van der Waals surface area contributed by atoms with Crippen LogP contribution in [0.25, 0.3) is 0 Å². The van der Waals surface area contributed by atoms with Crippen LogP contribution in [-0.4, -0.2) is 46.9 Å². The lowest BCUT2D eigenvalue weighted by Crippen LogP contribution is -1.85. The van der Waals surface area contributed by atoms with Crippen molar-refractivity contribution in [3.8, 4) is 0 Å². The molecule has 0 aromatic heterocycles. The Morgan fingerprint density at radius 1 is 0.208 bits per heavy atom. The molecule has 0 aliphatic rings. The van der Waals surface area contributed by atoms with E-state index in [2.05, 4.69) is 0 Å². The third kappa shape index (κ3) is 29.8. The summed E-state index contributed by atoms with van der Waals surface area (Å²) in [7, 11) is 0. The Hall–Kier alpha value is -0.160. The standard InChI is InChI=1S/2C10H22O2/c2*11-9-7-5-3-1-2-4-6-8-10-12/h2*11-12H,1-10H2. The summed E-state index contributed by atoms with van der Waals surface area (Å²) in [5.74, 6) is 0. The summed E-state index contributed by atoms with van der Waals surface area (Å²) in [6, 6.07) is 0. The fourth-order valence-corrected chi connectivity index (χ4v) is 2.57. The van der Waals surface area contributed by atoms with Crippen molar-refractivity contribution in [2.24, 2.45) is 0 Å². The molecule has 0 saturated carbocycles. The van der Waals surface area contributed by atoms with Gasteiger partial charge in [-0.15, -0.1) is 0 Å². The molecular formula is C20H44O4. The van der Waals surface area contributed by atoms with Crippen molar-refractivity contribution >= 4 is 0 Å². The summed E-state index contributed by atoms with van der Waals surface area (Å²) >= 11 is 0. The van der Waals surface area contributed by atoms with Gasteiger partial charge in [-0.2, -0.15) is 0 Å². The third-order valence-corrected chi connectivity index (χ3v) is 4.13. The fourth-order valence-electron chi connectivity index (χ4n) is 2.57. The molecule has 0 atom stereocenters. The van der Waals surface area contributed by atoms with E-state index >= 15 is 0 Å².